The largest absolute Gasteiger partial charge is 0.377 e. The van der Waals surface area contributed by atoms with Crippen molar-refractivity contribution >= 4 is 12.3 Å². The van der Waals surface area contributed by atoms with Crippen molar-refractivity contribution in [2.75, 3.05) is 85.8 Å². The van der Waals surface area contributed by atoms with Crippen LogP contribution >= 0.6 is 0 Å². The molecule has 0 aromatic carbocycles. The molecule has 1 unspecified atom stereocenters. The van der Waals surface area contributed by atoms with Gasteiger partial charge in [0.15, 0.2) is 0 Å². The van der Waals surface area contributed by atoms with E-state index in [4.69, 9.17) is 28.4 Å². The highest BCUT2D eigenvalue weighted by Crippen LogP contribution is 1.90. The third kappa shape index (κ3) is 22.9. The molecular formula is C19H37FN2O8. The lowest BCUT2D eigenvalue weighted by Crippen LogP contribution is -2.31. The van der Waals surface area contributed by atoms with E-state index >= 15 is 0 Å². The average molecular weight is 441 g/mol. The molecule has 0 saturated carbocycles. The van der Waals surface area contributed by atoms with Crippen LogP contribution in [0.15, 0.2) is 0 Å². The van der Waals surface area contributed by atoms with Crippen molar-refractivity contribution < 1.29 is 42.4 Å². The van der Waals surface area contributed by atoms with Gasteiger partial charge in [0.05, 0.1) is 78.7 Å². The Labute approximate surface area is 178 Å². The van der Waals surface area contributed by atoms with Crippen LogP contribution in [0, 0.1) is 0 Å². The topological polar surface area (TPSA) is 114 Å². The highest BCUT2D eigenvalue weighted by atomic mass is 19.1. The fourth-order valence-electron chi connectivity index (χ4n) is 1.88. The first-order valence-electron chi connectivity index (χ1n) is 10.1. The highest BCUT2D eigenvalue weighted by Gasteiger charge is 2.05. The molecule has 11 heteroatoms. The molecule has 0 aromatic heterocycles. The maximum absolute atomic E-state index is 13.1. The van der Waals surface area contributed by atoms with Gasteiger partial charge in [-0.2, -0.15) is 0 Å². The number of rotatable bonds is 23. The zero-order valence-electron chi connectivity index (χ0n) is 18.1. The number of hydrogen-bond donors (Lipinski definition) is 2. The molecule has 178 valence electrons. The van der Waals surface area contributed by atoms with Crippen molar-refractivity contribution in [3.63, 3.8) is 0 Å². The van der Waals surface area contributed by atoms with Gasteiger partial charge in [-0.25, -0.2) is 4.39 Å². The third-order valence-corrected chi connectivity index (χ3v) is 3.33. The van der Waals surface area contributed by atoms with Crippen LogP contribution in [0.25, 0.3) is 0 Å². The van der Waals surface area contributed by atoms with Gasteiger partial charge in [-0.05, 0) is 13.8 Å². The molecule has 2 amide bonds. The van der Waals surface area contributed by atoms with Crippen LogP contribution in [-0.4, -0.2) is 110 Å². The molecule has 0 heterocycles. The summed E-state index contributed by atoms with van der Waals surface area (Å²) in [4.78, 5) is 21.4. The molecule has 2 N–H and O–H groups in total. The standard InChI is InChI=1S/C19H37FN2O8/c1-17(2)30-15-19(24)22-3-4-25-5-6-26-7-8-27-9-10-28-11-12-29-14-18(20)13-21-16-23/h16-18H,3-15H2,1-2H3,(H,21,23)(H,22,24). The van der Waals surface area contributed by atoms with E-state index in [-0.39, 0.29) is 38.4 Å². The minimum atomic E-state index is -1.22. The fourth-order valence-corrected chi connectivity index (χ4v) is 1.88. The SMILES string of the molecule is CC(C)OCC(=O)NCCOCCOCCOCCOCCOCC(F)CNC=O. The van der Waals surface area contributed by atoms with Gasteiger partial charge in [0.1, 0.15) is 12.8 Å². The van der Waals surface area contributed by atoms with Gasteiger partial charge >= 0.3 is 0 Å². The van der Waals surface area contributed by atoms with Crippen molar-refractivity contribution in [3.05, 3.63) is 0 Å². The average Bonchev–Trinajstić information content (AvgIpc) is 2.72. The van der Waals surface area contributed by atoms with Gasteiger partial charge in [0.25, 0.3) is 0 Å². The van der Waals surface area contributed by atoms with Gasteiger partial charge in [-0.3, -0.25) is 9.59 Å². The summed E-state index contributed by atoms with van der Waals surface area (Å²) in [5, 5.41) is 4.94. The predicted octanol–water partition coefficient (Wildman–Crippen LogP) is -0.305. The Bertz CT molecular complexity index is 405. The number of carbonyl (C=O) groups is 2. The van der Waals surface area contributed by atoms with E-state index in [0.717, 1.165) is 0 Å². The fraction of sp³-hybridized carbons (Fsp3) is 0.895. The van der Waals surface area contributed by atoms with Crippen molar-refractivity contribution in [2.24, 2.45) is 0 Å². The monoisotopic (exact) mass is 440 g/mol. The number of carbonyl (C=O) groups excluding carboxylic acids is 2. The number of amides is 2. The normalized spacial score (nSPS) is 12.1. The van der Waals surface area contributed by atoms with Crippen LogP contribution in [0.2, 0.25) is 0 Å². The molecule has 0 fully saturated rings. The van der Waals surface area contributed by atoms with E-state index in [1.165, 1.54) is 0 Å². The van der Waals surface area contributed by atoms with Gasteiger partial charge in [-0.15, -0.1) is 0 Å². The van der Waals surface area contributed by atoms with Gasteiger partial charge < -0.3 is 39.1 Å². The van der Waals surface area contributed by atoms with E-state index in [0.29, 0.717) is 65.8 Å². The Morgan fingerprint density at radius 3 is 1.87 bits per heavy atom. The summed E-state index contributed by atoms with van der Waals surface area (Å²) in [5.41, 5.74) is 0. The number of alkyl halides is 1. The molecule has 0 bridgehead atoms. The molecule has 0 aliphatic rings. The summed E-state index contributed by atoms with van der Waals surface area (Å²) < 4.78 is 44.7. The van der Waals surface area contributed by atoms with E-state index in [1.54, 1.807) is 0 Å². The lowest BCUT2D eigenvalue weighted by Gasteiger charge is -2.10. The van der Waals surface area contributed by atoms with E-state index < -0.39 is 6.17 Å². The second-order valence-electron chi connectivity index (χ2n) is 6.36. The first-order chi connectivity index (χ1) is 14.6. The van der Waals surface area contributed by atoms with Gasteiger partial charge in [0.2, 0.25) is 12.3 Å². The summed E-state index contributed by atoms with van der Waals surface area (Å²) >= 11 is 0. The second-order valence-corrected chi connectivity index (χ2v) is 6.36. The van der Waals surface area contributed by atoms with Crippen LogP contribution in [-0.2, 0) is 38.0 Å². The Kier molecular flexibility index (Phi) is 21.3. The Morgan fingerprint density at radius 2 is 1.37 bits per heavy atom. The van der Waals surface area contributed by atoms with Crippen molar-refractivity contribution in [3.8, 4) is 0 Å². The minimum Gasteiger partial charge on any atom is -0.377 e. The van der Waals surface area contributed by atoms with Crippen molar-refractivity contribution in [1.29, 1.82) is 0 Å². The molecule has 1 atom stereocenters. The zero-order valence-corrected chi connectivity index (χ0v) is 18.1. The molecule has 0 aliphatic heterocycles. The summed E-state index contributed by atoms with van der Waals surface area (Å²) in [6, 6.07) is 0. The van der Waals surface area contributed by atoms with E-state index in [2.05, 4.69) is 10.6 Å². The number of nitrogens with one attached hydrogen (secondary N) is 2. The molecule has 0 saturated heterocycles. The van der Waals surface area contributed by atoms with Crippen LogP contribution in [0.1, 0.15) is 13.8 Å². The number of ether oxygens (including phenoxy) is 6. The lowest BCUT2D eigenvalue weighted by molar-refractivity contribution is -0.127. The van der Waals surface area contributed by atoms with Crippen molar-refractivity contribution in [2.45, 2.75) is 26.1 Å². The molecule has 0 radical (unpaired) electrons. The first kappa shape index (κ1) is 28.6. The summed E-state index contributed by atoms with van der Waals surface area (Å²) in [7, 11) is 0. The maximum atomic E-state index is 13.1. The first-order valence-corrected chi connectivity index (χ1v) is 10.1. The summed E-state index contributed by atoms with van der Waals surface area (Å²) in [5.74, 6) is -0.158. The molecule has 10 nitrogen and oxygen atoms in total. The third-order valence-electron chi connectivity index (χ3n) is 3.33. The second kappa shape index (κ2) is 22.3. The quantitative estimate of drug-likeness (QED) is 0.164. The summed E-state index contributed by atoms with van der Waals surface area (Å²) in [6.45, 7) is 7.73. The molecule has 30 heavy (non-hydrogen) atoms. The molecule has 0 aliphatic carbocycles. The smallest absolute Gasteiger partial charge is 0.246 e. The number of halogens is 1. The highest BCUT2D eigenvalue weighted by molar-refractivity contribution is 5.77. The molecule has 0 spiro atoms. The molecule has 0 rings (SSSR count). The maximum Gasteiger partial charge on any atom is 0.246 e. The predicted molar refractivity (Wildman–Crippen MR) is 107 cm³/mol. The van der Waals surface area contributed by atoms with E-state index in [1.807, 2.05) is 13.8 Å². The van der Waals surface area contributed by atoms with Gasteiger partial charge in [-0.1, -0.05) is 0 Å². The summed E-state index contributed by atoms with van der Waals surface area (Å²) in [6.07, 6.45) is -0.745. The lowest BCUT2D eigenvalue weighted by atomic mass is 10.4. The Balaban J connectivity index is 3.14. The van der Waals surface area contributed by atoms with Crippen molar-refractivity contribution in [1.82, 2.24) is 10.6 Å². The van der Waals surface area contributed by atoms with Crippen LogP contribution in [0.5, 0.6) is 0 Å². The van der Waals surface area contributed by atoms with Crippen LogP contribution in [0.3, 0.4) is 0 Å². The van der Waals surface area contributed by atoms with Crippen LogP contribution in [0.4, 0.5) is 4.39 Å². The Morgan fingerprint density at radius 1 is 0.867 bits per heavy atom. The molecular weight excluding hydrogens is 403 g/mol. The zero-order chi connectivity index (χ0) is 22.3. The molecule has 0 aromatic rings. The Hall–Kier alpha value is -1.37. The van der Waals surface area contributed by atoms with Gasteiger partial charge in [0, 0.05) is 6.54 Å². The van der Waals surface area contributed by atoms with Crippen LogP contribution < -0.4 is 10.6 Å². The van der Waals surface area contributed by atoms with E-state index in [9.17, 15) is 14.0 Å². The minimum absolute atomic E-state index is 0.0289. The number of hydrogen-bond acceptors (Lipinski definition) is 8.